The molecule has 128 valence electrons. The van der Waals surface area contributed by atoms with Gasteiger partial charge in [-0.3, -0.25) is 4.57 Å². The lowest BCUT2D eigenvalue weighted by molar-refractivity contribution is 0.566. The quantitative estimate of drug-likeness (QED) is 0.428. The van der Waals surface area contributed by atoms with Crippen LogP contribution in [0, 0.1) is 11.6 Å². The molecule has 1 heterocycles. The highest BCUT2D eigenvalue weighted by Crippen LogP contribution is 2.29. The molecule has 2 aromatic carbocycles. The van der Waals surface area contributed by atoms with Crippen molar-refractivity contribution in [2.24, 2.45) is 0 Å². The van der Waals surface area contributed by atoms with Crippen molar-refractivity contribution in [3.8, 4) is 11.4 Å². The molecule has 0 aliphatic rings. The fourth-order valence-electron chi connectivity index (χ4n) is 2.34. The average Bonchev–Trinajstić information content (AvgIpc) is 2.98. The van der Waals surface area contributed by atoms with Gasteiger partial charge in [0.1, 0.15) is 11.6 Å². The maximum Gasteiger partial charge on any atom is 0.192 e. The Morgan fingerprint density at radius 2 is 1.84 bits per heavy atom. The molecule has 0 radical (unpaired) electrons. The third kappa shape index (κ3) is 3.91. The number of allylic oxidation sites excluding steroid dienone is 1. The van der Waals surface area contributed by atoms with Crippen LogP contribution in [0.15, 0.2) is 60.3 Å². The van der Waals surface area contributed by atoms with Crippen LogP contribution < -0.4 is 0 Å². The van der Waals surface area contributed by atoms with Crippen molar-refractivity contribution in [2.75, 3.05) is 0 Å². The zero-order valence-corrected chi connectivity index (χ0v) is 14.7. The molecule has 0 aliphatic heterocycles. The van der Waals surface area contributed by atoms with Gasteiger partial charge in [0.05, 0.1) is 0 Å². The zero-order valence-electron chi connectivity index (χ0n) is 13.1. The molecular weight excluding hydrogens is 364 g/mol. The molecule has 0 saturated carbocycles. The molecule has 0 saturated heterocycles. The molecule has 0 fully saturated rings. The molecule has 0 N–H and O–H groups in total. The van der Waals surface area contributed by atoms with Crippen molar-refractivity contribution in [3.63, 3.8) is 0 Å². The third-order valence-electron chi connectivity index (χ3n) is 3.52. The van der Waals surface area contributed by atoms with Crippen LogP contribution in [-0.2, 0) is 12.3 Å². The van der Waals surface area contributed by atoms with Crippen LogP contribution in [-0.4, -0.2) is 14.8 Å². The first kappa shape index (κ1) is 17.6. The van der Waals surface area contributed by atoms with E-state index in [0.29, 0.717) is 22.5 Å². The molecule has 7 heteroatoms. The Labute approximate surface area is 153 Å². The SMILES string of the molecule is C=CCn1c(SCc2c(F)cccc2F)nnc1-c1cccc(Cl)c1. The van der Waals surface area contributed by atoms with E-state index in [1.165, 1.54) is 30.0 Å². The predicted molar refractivity (Wildman–Crippen MR) is 96.6 cm³/mol. The molecule has 0 aliphatic carbocycles. The van der Waals surface area contributed by atoms with E-state index in [-0.39, 0.29) is 11.3 Å². The van der Waals surface area contributed by atoms with Crippen molar-refractivity contribution in [3.05, 3.63) is 77.3 Å². The normalized spacial score (nSPS) is 10.8. The summed E-state index contributed by atoms with van der Waals surface area (Å²) in [5, 5.41) is 9.50. The van der Waals surface area contributed by atoms with Crippen molar-refractivity contribution in [2.45, 2.75) is 17.5 Å². The second-order valence-corrected chi connectivity index (χ2v) is 6.58. The number of nitrogens with zero attached hydrogens (tertiary/aromatic N) is 3. The minimum atomic E-state index is -0.572. The lowest BCUT2D eigenvalue weighted by Crippen LogP contribution is -2.01. The Hall–Kier alpha value is -2.18. The van der Waals surface area contributed by atoms with E-state index in [4.69, 9.17) is 11.6 Å². The molecule has 0 spiro atoms. The minimum Gasteiger partial charge on any atom is -0.298 e. The fraction of sp³-hybridized carbons (Fsp3) is 0.111. The van der Waals surface area contributed by atoms with Gasteiger partial charge in [0.2, 0.25) is 0 Å². The second kappa shape index (κ2) is 7.80. The molecule has 3 rings (SSSR count). The summed E-state index contributed by atoms with van der Waals surface area (Å²) in [6, 6.07) is 11.1. The van der Waals surface area contributed by atoms with Crippen LogP contribution in [0.3, 0.4) is 0 Å². The van der Waals surface area contributed by atoms with Gasteiger partial charge in [-0.25, -0.2) is 8.78 Å². The first-order valence-corrected chi connectivity index (χ1v) is 8.82. The van der Waals surface area contributed by atoms with E-state index in [1.807, 2.05) is 16.7 Å². The smallest absolute Gasteiger partial charge is 0.192 e. The first-order valence-electron chi connectivity index (χ1n) is 7.46. The van der Waals surface area contributed by atoms with Crippen molar-refractivity contribution in [1.29, 1.82) is 0 Å². The van der Waals surface area contributed by atoms with E-state index in [1.54, 1.807) is 18.2 Å². The number of aromatic nitrogens is 3. The Morgan fingerprint density at radius 3 is 2.52 bits per heavy atom. The minimum absolute atomic E-state index is 0.0185. The zero-order chi connectivity index (χ0) is 17.8. The van der Waals surface area contributed by atoms with Crippen LogP contribution in [0.1, 0.15) is 5.56 Å². The Kier molecular flexibility index (Phi) is 5.50. The van der Waals surface area contributed by atoms with Gasteiger partial charge in [-0.2, -0.15) is 0 Å². The van der Waals surface area contributed by atoms with Crippen molar-refractivity contribution >= 4 is 23.4 Å². The maximum absolute atomic E-state index is 13.8. The van der Waals surface area contributed by atoms with Crippen LogP contribution >= 0.6 is 23.4 Å². The highest BCUT2D eigenvalue weighted by atomic mass is 35.5. The lowest BCUT2D eigenvalue weighted by atomic mass is 10.2. The van der Waals surface area contributed by atoms with E-state index in [2.05, 4.69) is 16.8 Å². The summed E-state index contributed by atoms with van der Waals surface area (Å²) in [6.07, 6.45) is 1.71. The lowest BCUT2D eigenvalue weighted by Gasteiger charge is -2.08. The van der Waals surface area contributed by atoms with E-state index >= 15 is 0 Å². The van der Waals surface area contributed by atoms with E-state index in [9.17, 15) is 8.78 Å². The number of benzene rings is 2. The van der Waals surface area contributed by atoms with Crippen molar-refractivity contribution in [1.82, 2.24) is 14.8 Å². The Morgan fingerprint density at radius 1 is 1.12 bits per heavy atom. The molecule has 3 nitrogen and oxygen atoms in total. The molecule has 1 aromatic heterocycles. The van der Waals surface area contributed by atoms with Gasteiger partial charge in [0.15, 0.2) is 11.0 Å². The average molecular weight is 378 g/mol. The summed E-state index contributed by atoms with van der Waals surface area (Å²) in [5.74, 6) is -0.405. The van der Waals surface area contributed by atoms with Crippen LogP contribution in [0.25, 0.3) is 11.4 Å². The van der Waals surface area contributed by atoms with Gasteiger partial charge < -0.3 is 0 Å². The molecule has 0 bridgehead atoms. The number of thioether (sulfide) groups is 1. The molecule has 3 aromatic rings. The highest BCUT2D eigenvalue weighted by molar-refractivity contribution is 7.98. The van der Waals surface area contributed by atoms with Crippen LogP contribution in [0.5, 0.6) is 0 Å². The van der Waals surface area contributed by atoms with Gasteiger partial charge in [0, 0.05) is 28.4 Å². The topological polar surface area (TPSA) is 30.7 Å². The summed E-state index contributed by atoms with van der Waals surface area (Å²) in [7, 11) is 0. The third-order valence-corrected chi connectivity index (χ3v) is 4.75. The number of hydrogen-bond acceptors (Lipinski definition) is 3. The summed E-state index contributed by atoms with van der Waals surface area (Å²) < 4.78 is 29.4. The summed E-state index contributed by atoms with van der Waals surface area (Å²) in [5.41, 5.74) is 0.829. The maximum atomic E-state index is 13.8. The summed E-state index contributed by atoms with van der Waals surface area (Å²) in [4.78, 5) is 0. The Bertz CT molecular complexity index is 891. The molecule has 25 heavy (non-hydrogen) atoms. The number of halogens is 3. The number of rotatable bonds is 6. The first-order chi connectivity index (χ1) is 12.1. The van der Waals surface area contributed by atoms with Gasteiger partial charge in [0.25, 0.3) is 0 Å². The molecule has 0 unspecified atom stereocenters. The largest absolute Gasteiger partial charge is 0.298 e. The van der Waals surface area contributed by atoms with Crippen LogP contribution in [0.4, 0.5) is 8.78 Å². The van der Waals surface area contributed by atoms with Gasteiger partial charge in [-0.15, -0.1) is 16.8 Å². The van der Waals surface area contributed by atoms with Gasteiger partial charge in [-0.1, -0.05) is 47.6 Å². The van der Waals surface area contributed by atoms with Crippen molar-refractivity contribution < 1.29 is 8.78 Å². The van der Waals surface area contributed by atoms with Crippen LogP contribution in [0.2, 0.25) is 5.02 Å². The Balaban J connectivity index is 1.91. The van der Waals surface area contributed by atoms with Gasteiger partial charge >= 0.3 is 0 Å². The molecular formula is C18H14ClF2N3S. The standard InChI is InChI=1S/C18H14ClF2N3S/c1-2-9-24-17(12-5-3-6-13(19)10-12)22-23-18(24)25-11-14-15(20)7-4-8-16(14)21/h2-8,10H,1,9,11H2. The van der Waals surface area contributed by atoms with Gasteiger partial charge in [-0.05, 0) is 24.3 Å². The molecule has 0 atom stereocenters. The highest BCUT2D eigenvalue weighted by Gasteiger charge is 2.16. The summed E-state index contributed by atoms with van der Waals surface area (Å²) >= 11 is 7.26. The van der Waals surface area contributed by atoms with E-state index < -0.39 is 11.6 Å². The predicted octanol–water partition coefficient (Wildman–Crippen LogP) is 5.36. The summed E-state index contributed by atoms with van der Waals surface area (Å²) in [6.45, 7) is 4.21. The number of hydrogen-bond donors (Lipinski definition) is 0. The van der Waals surface area contributed by atoms with E-state index in [0.717, 1.165) is 5.56 Å². The monoisotopic (exact) mass is 377 g/mol. The molecule has 0 amide bonds. The second-order valence-electron chi connectivity index (χ2n) is 5.20. The fourth-order valence-corrected chi connectivity index (χ4v) is 3.49.